The van der Waals surface area contributed by atoms with Crippen molar-refractivity contribution < 1.29 is 0 Å². The lowest BCUT2D eigenvalue weighted by Gasteiger charge is -2.39. The fraction of sp³-hybridized carbons (Fsp3) is 1.00. The van der Waals surface area contributed by atoms with Crippen LogP contribution in [0.4, 0.5) is 0 Å². The summed E-state index contributed by atoms with van der Waals surface area (Å²) >= 11 is 0. The minimum atomic E-state index is 0.723. The van der Waals surface area contributed by atoms with Crippen LogP contribution in [0.3, 0.4) is 0 Å². The van der Waals surface area contributed by atoms with E-state index in [1.165, 1.54) is 45.4 Å². The van der Waals surface area contributed by atoms with Crippen LogP contribution in [0.2, 0.25) is 0 Å². The highest BCUT2D eigenvalue weighted by Crippen LogP contribution is 2.20. The summed E-state index contributed by atoms with van der Waals surface area (Å²) in [6.45, 7) is 16.6. The van der Waals surface area contributed by atoms with Crippen LogP contribution in [0, 0.1) is 17.8 Å². The van der Waals surface area contributed by atoms with Crippen molar-refractivity contribution in [3.63, 3.8) is 0 Å². The SMILES string of the molecule is CCC1CC(NCCC(C)C)CN(CC(C)C)C1. The molecule has 1 heterocycles. The molecule has 1 N–H and O–H groups in total. The third-order valence-corrected chi connectivity index (χ3v) is 3.97. The lowest BCUT2D eigenvalue weighted by molar-refractivity contribution is 0.125. The van der Waals surface area contributed by atoms with Crippen molar-refractivity contribution in [2.24, 2.45) is 17.8 Å². The maximum absolute atomic E-state index is 3.78. The summed E-state index contributed by atoms with van der Waals surface area (Å²) in [6, 6.07) is 0.723. The van der Waals surface area contributed by atoms with E-state index >= 15 is 0 Å². The minimum absolute atomic E-state index is 0.723. The van der Waals surface area contributed by atoms with Crippen molar-refractivity contribution in [2.75, 3.05) is 26.2 Å². The summed E-state index contributed by atoms with van der Waals surface area (Å²) in [5.74, 6) is 2.50. The monoisotopic (exact) mass is 254 g/mol. The first kappa shape index (κ1) is 16.0. The Balaban J connectivity index is 2.36. The molecule has 2 unspecified atom stereocenters. The highest BCUT2D eigenvalue weighted by atomic mass is 15.2. The van der Waals surface area contributed by atoms with E-state index in [4.69, 9.17) is 0 Å². The molecule has 1 aliphatic heterocycles. The molecule has 108 valence electrons. The number of likely N-dealkylation sites (tertiary alicyclic amines) is 1. The van der Waals surface area contributed by atoms with Crippen LogP contribution >= 0.6 is 0 Å². The highest BCUT2D eigenvalue weighted by molar-refractivity contribution is 4.83. The maximum Gasteiger partial charge on any atom is 0.0198 e. The third kappa shape index (κ3) is 6.19. The van der Waals surface area contributed by atoms with E-state index in [1.54, 1.807) is 0 Å². The molecule has 0 saturated carbocycles. The van der Waals surface area contributed by atoms with Crippen LogP contribution < -0.4 is 5.32 Å². The van der Waals surface area contributed by atoms with Gasteiger partial charge in [-0.2, -0.15) is 0 Å². The Morgan fingerprint density at radius 2 is 1.83 bits per heavy atom. The van der Waals surface area contributed by atoms with E-state index in [2.05, 4.69) is 44.8 Å². The Labute approximate surface area is 115 Å². The minimum Gasteiger partial charge on any atom is -0.313 e. The van der Waals surface area contributed by atoms with Crippen LogP contribution in [-0.4, -0.2) is 37.1 Å². The van der Waals surface area contributed by atoms with E-state index < -0.39 is 0 Å². The molecular formula is C16H34N2. The average Bonchev–Trinajstić information content (AvgIpc) is 2.27. The number of piperidine rings is 1. The molecule has 0 bridgehead atoms. The Kier molecular flexibility index (Phi) is 7.25. The Bertz CT molecular complexity index is 213. The number of nitrogens with zero attached hydrogens (tertiary/aromatic N) is 1. The zero-order valence-corrected chi connectivity index (χ0v) is 13.2. The molecule has 2 heteroatoms. The van der Waals surface area contributed by atoms with Gasteiger partial charge in [-0.1, -0.05) is 41.0 Å². The standard InChI is InChI=1S/C16H34N2/c1-6-15-9-16(17-8-7-13(2)3)12-18(11-15)10-14(4)5/h13-17H,6-12H2,1-5H3. The zero-order chi connectivity index (χ0) is 13.5. The van der Waals surface area contributed by atoms with E-state index in [9.17, 15) is 0 Å². The molecule has 18 heavy (non-hydrogen) atoms. The fourth-order valence-corrected chi connectivity index (χ4v) is 2.99. The second-order valence-corrected chi connectivity index (χ2v) is 6.96. The van der Waals surface area contributed by atoms with Crippen molar-refractivity contribution >= 4 is 0 Å². The number of rotatable bonds is 7. The van der Waals surface area contributed by atoms with Gasteiger partial charge in [-0.3, -0.25) is 0 Å². The number of hydrogen-bond donors (Lipinski definition) is 1. The van der Waals surface area contributed by atoms with Gasteiger partial charge in [0.05, 0.1) is 0 Å². The molecule has 1 rings (SSSR count). The third-order valence-electron chi connectivity index (χ3n) is 3.97. The van der Waals surface area contributed by atoms with Crippen LogP contribution in [0.25, 0.3) is 0 Å². The first-order valence-corrected chi connectivity index (χ1v) is 7.97. The maximum atomic E-state index is 3.78. The van der Waals surface area contributed by atoms with Gasteiger partial charge < -0.3 is 10.2 Å². The van der Waals surface area contributed by atoms with Gasteiger partial charge in [0, 0.05) is 25.7 Å². The van der Waals surface area contributed by atoms with Gasteiger partial charge in [-0.05, 0) is 37.1 Å². The summed E-state index contributed by atoms with van der Waals surface area (Å²) in [6.07, 6.45) is 4.01. The first-order chi connectivity index (χ1) is 8.51. The van der Waals surface area contributed by atoms with Gasteiger partial charge in [0.15, 0.2) is 0 Å². The molecule has 1 saturated heterocycles. The quantitative estimate of drug-likeness (QED) is 0.749. The molecule has 0 aromatic carbocycles. The van der Waals surface area contributed by atoms with Crippen molar-refractivity contribution in [3.05, 3.63) is 0 Å². The smallest absolute Gasteiger partial charge is 0.0198 e. The van der Waals surface area contributed by atoms with Crippen LogP contribution in [0.15, 0.2) is 0 Å². The van der Waals surface area contributed by atoms with Crippen LogP contribution in [-0.2, 0) is 0 Å². The summed E-state index contributed by atoms with van der Waals surface area (Å²) in [7, 11) is 0. The normalized spacial score (nSPS) is 26.2. The molecule has 1 fully saturated rings. The lowest BCUT2D eigenvalue weighted by Crippen LogP contribution is -2.50. The van der Waals surface area contributed by atoms with E-state index in [0.29, 0.717) is 0 Å². The van der Waals surface area contributed by atoms with E-state index in [0.717, 1.165) is 23.8 Å². The van der Waals surface area contributed by atoms with Crippen molar-refractivity contribution in [1.29, 1.82) is 0 Å². The van der Waals surface area contributed by atoms with E-state index in [1.807, 2.05) is 0 Å². The van der Waals surface area contributed by atoms with Gasteiger partial charge in [-0.25, -0.2) is 0 Å². The number of hydrogen-bond acceptors (Lipinski definition) is 2. The average molecular weight is 254 g/mol. The van der Waals surface area contributed by atoms with E-state index in [-0.39, 0.29) is 0 Å². The van der Waals surface area contributed by atoms with Gasteiger partial charge in [0.2, 0.25) is 0 Å². The molecule has 0 amide bonds. The molecule has 2 nitrogen and oxygen atoms in total. The predicted octanol–water partition coefficient (Wildman–Crippen LogP) is 3.38. The van der Waals surface area contributed by atoms with Gasteiger partial charge in [0.1, 0.15) is 0 Å². The Morgan fingerprint density at radius 3 is 2.39 bits per heavy atom. The second kappa shape index (κ2) is 8.16. The number of nitrogens with one attached hydrogen (secondary N) is 1. The zero-order valence-electron chi connectivity index (χ0n) is 13.2. The molecule has 1 aliphatic rings. The molecule has 2 atom stereocenters. The summed E-state index contributed by atoms with van der Waals surface area (Å²) in [5.41, 5.74) is 0. The predicted molar refractivity (Wildman–Crippen MR) is 80.9 cm³/mol. The Morgan fingerprint density at radius 1 is 1.11 bits per heavy atom. The van der Waals surface area contributed by atoms with Crippen LogP contribution in [0.1, 0.15) is 53.9 Å². The molecular weight excluding hydrogens is 220 g/mol. The van der Waals surface area contributed by atoms with Crippen molar-refractivity contribution in [2.45, 2.75) is 59.9 Å². The Hall–Kier alpha value is -0.0800. The van der Waals surface area contributed by atoms with Crippen LogP contribution in [0.5, 0.6) is 0 Å². The van der Waals surface area contributed by atoms with Gasteiger partial charge in [-0.15, -0.1) is 0 Å². The second-order valence-electron chi connectivity index (χ2n) is 6.96. The first-order valence-electron chi connectivity index (χ1n) is 7.97. The van der Waals surface area contributed by atoms with Gasteiger partial charge >= 0.3 is 0 Å². The highest BCUT2D eigenvalue weighted by Gasteiger charge is 2.25. The van der Waals surface area contributed by atoms with Crippen molar-refractivity contribution in [3.8, 4) is 0 Å². The lowest BCUT2D eigenvalue weighted by atomic mass is 9.91. The topological polar surface area (TPSA) is 15.3 Å². The molecule has 0 aliphatic carbocycles. The van der Waals surface area contributed by atoms with Crippen molar-refractivity contribution in [1.82, 2.24) is 10.2 Å². The molecule has 0 radical (unpaired) electrons. The summed E-state index contributed by atoms with van der Waals surface area (Å²) in [5, 5.41) is 3.78. The summed E-state index contributed by atoms with van der Waals surface area (Å²) in [4.78, 5) is 2.68. The summed E-state index contributed by atoms with van der Waals surface area (Å²) < 4.78 is 0. The van der Waals surface area contributed by atoms with Gasteiger partial charge in [0.25, 0.3) is 0 Å². The largest absolute Gasteiger partial charge is 0.313 e. The molecule has 0 aromatic rings. The fourth-order valence-electron chi connectivity index (χ4n) is 2.99. The molecule has 0 spiro atoms. The molecule has 0 aromatic heterocycles.